The molecule has 2 N–H and O–H groups in total. The van der Waals surface area contributed by atoms with Gasteiger partial charge in [0.1, 0.15) is 11.3 Å². The molecule has 0 unspecified atom stereocenters. The monoisotopic (exact) mass is 278 g/mol. The molecule has 1 aromatic heterocycles. The van der Waals surface area contributed by atoms with Gasteiger partial charge in [-0.1, -0.05) is 23.7 Å². The zero-order chi connectivity index (χ0) is 13.3. The highest BCUT2D eigenvalue weighted by Gasteiger charge is 2.39. The highest BCUT2D eigenvalue weighted by molar-refractivity contribution is 6.30. The lowest BCUT2D eigenvalue weighted by Gasteiger charge is -2.21. The van der Waals surface area contributed by atoms with Crippen LogP contribution in [0, 0.1) is 0 Å². The van der Waals surface area contributed by atoms with Crippen LogP contribution in [-0.2, 0) is 12.1 Å². The largest absolute Gasteiger partial charge is 0.382 e. The second-order valence-electron chi connectivity index (χ2n) is 4.98. The minimum Gasteiger partial charge on any atom is -0.382 e. The number of aromatic nitrogens is 3. The second-order valence-corrected chi connectivity index (χ2v) is 5.41. The molecular weight excluding hydrogens is 264 g/mol. The van der Waals surface area contributed by atoms with E-state index in [1.807, 2.05) is 24.3 Å². The fourth-order valence-corrected chi connectivity index (χ4v) is 2.75. The van der Waals surface area contributed by atoms with Crippen LogP contribution < -0.4 is 0 Å². The first-order chi connectivity index (χ1) is 9.16. The maximum Gasteiger partial charge on any atom is 0.124 e. The molecule has 3 rings (SSSR count). The summed E-state index contributed by atoms with van der Waals surface area (Å²) in [6, 6.07) is 7.80. The van der Waals surface area contributed by atoms with E-state index in [9.17, 15) is 5.11 Å². The van der Waals surface area contributed by atoms with Gasteiger partial charge in [0.15, 0.2) is 0 Å². The first-order valence-corrected chi connectivity index (χ1v) is 6.59. The van der Waals surface area contributed by atoms with E-state index in [0.29, 0.717) is 18.7 Å². The third-order valence-electron chi connectivity index (χ3n) is 3.51. The lowest BCUT2D eigenvalue weighted by atomic mass is 10.00. The molecule has 5 nitrogen and oxygen atoms in total. The van der Waals surface area contributed by atoms with Crippen molar-refractivity contribution in [3.05, 3.63) is 46.7 Å². The van der Waals surface area contributed by atoms with Crippen molar-refractivity contribution in [1.29, 1.82) is 0 Å². The van der Waals surface area contributed by atoms with Gasteiger partial charge < -0.3 is 5.11 Å². The zero-order valence-electron chi connectivity index (χ0n) is 10.4. The Bertz CT molecular complexity index is 560. The Morgan fingerprint density at radius 3 is 3.11 bits per heavy atom. The Morgan fingerprint density at radius 2 is 2.37 bits per heavy atom. The molecule has 1 aliphatic rings. The standard InChI is InChI=1S/C13H15ClN4O/c14-11-3-1-2-10(6-11)8-18-5-4-13(19,9-18)12-7-15-17-16-12/h1-3,6-7,19H,4-5,8-9H2,(H,15,16,17)/t13-/m0/s1. The van der Waals surface area contributed by atoms with Gasteiger partial charge in [0.25, 0.3) is 0 Å². The van der Waals surface area contributed by atoms with Crippen molar-refractivity contribution in [2.45, 2.75) is 18.6 Å². The van der Waals surface area contributed by atoms with Crippen molar-refractivity contribution in [2.75, 3.05) is 13.1 Å². The summed E-state index contributed by atoms with van der Waals surface area (Å²) in [5.74, 6) is 0. The first-order valence-electron chi connectivity index (χ1n) is 6.21. The molecule has 1 aliphatic heterocycles. The van der Waals surface area contributed by atoms with Crippen molar-refractivity contribution in [3.63, 3.8) is 0 Å². The smallest absolute Gasteiger partial charge is 0.124 e. The molecule has 6 heteroatoms. The molecule has 0 aliphatic carbocycles. The number of aromatic amines is 1. The van der Waals surface area contributed by atoms with Crippen molar-refractivity contribution in [1.82, 2.24) is 20.3 Å². The Kier molecular flexibility index (Phi) is 3.26. The van der Waals surface area contributed by atoms with Crippen molar-refractivity contribution >= 4 is 11.6 Å². The normalized spacial score (nSPS) is 23.9. The Hall–Kier alpha value is -1.43. The predicted octanol–water partition coefficient (Wildman–Crippen LogP) is 1.55. The molecule has 0 radical (unpaired) electrons. The van der Waals surface area contributed by atoms with E-state index in [0.717, 1.165) is 23.7 Å². The van der Waals surface area contributed by atoms with Gasteiger partial charge in [0.05, 0.1) is 6.20 Å². The number of nitrogens with zero attached hydrogens (tertiary/aromatic N) is 3. The van der Waals surface area contributed by atoms with Crippen molar-refractivity contribution in [2.24, 2.45) is 0 Å². The average molecular weight is 279 g/mol. The molecule has 19 heavy (non-hydrogen) atoms. The average Bonchev–Trinajstić information content (AvgIpc) is 3.00. The van der Waals surface area contributed by atoms with Crippen LogP contribution in [0.5, 0.6) is 0 Å². The number of β-amino-alcohol motifs (C(OH)–C–C–N with tert-alkyl or cyclic N) is 1. The van der Waals surface area contributed by atoms with Crippen LogP contribution in [0.3, 0.4) is 0 Å². The number of rotatable bonds is 3. The third kappa shape index (κ3) is 2.63. The maximum absolute atomic E-state index is 10.6. The second kappa shape index (κ2) is 4.92. The van der Waals surface area contributed by atoms with Gasteiger partial charge in [0.2, 0.25) is 0 Å². The van der Waals surface area contributed by atoms with Gasteiger partial charge in [-0.3, -0.25) is 4.90 Å². The molecule has 1 aromatic carbocycles. The highest BCUT2D eigenvalue weighted by atomic mass is 35.5. The molecule has 0 saturated carbocycles. The zero-order valence-corrected chi connectivity index (χ0v) is 11.1. The van der Waals surface area contributed by atoms with E-state index < -0.39 is 5.60 Å². The number of likely N-dealkylation sites (tertiary alicyclic amines) is 1. The summed E-state index contributed by atoms with van der Waals surface area (Å²) < 4.78 is 0. The maximum atomic E-state index is 10.6. The van der Waals surface area contributed by atoms with E-state index in [1.54, 1.807) is 6.20 Å². The number of hydrogen-bond acceptors (Lipinski definition) is 4. The molecule has 0 amide bonds. The van der Waals surface area contributed by atoms with Crippen LogP contribution >= 0.6 is 11.6 Å². The number of benzene rings is 1. The minimum atomic E-state index is -0.897. The van der Waals surface area contributed by atoms with Crippen LogP contribution in [-0.4, -0.2) is 38.5 Å². The summed E-state index contributed by atoms with van der Waals surface area (Å²) in [5, 5.41) is 21.6. The summed E-state index contributed by atoms with van der Waals surface area (Å²) in [4.78, 5) is 2.19. The highest BCUT2D eigenvalue weighted by Crippen LogP contribution is 2.31. The van der Waals surface area contributed by atoms with Gasteiger partial charge in [-0.2, -0.15) is 15.4 Å². The fourth-order valence-electron chi connectivity index (χ4n) is 2.53. The molecule has 1 atom stereocenters. The topological polar surface area (TPSA) is 65.0 Å². The van der Waals surface area contributed by atoms with Crippen LogP contribution in [0.4, 0.5) is 0 Å². The van der Waals surface area contributed by atoms with E-state index in [2.05, 4.69) is 20.3 Å². The van der Waals surface area contributed by atoms with Gasteiger partial charge in [-0.25, -0.2) is 0 Å². The summed E-state index contributed by atoms with van der Waals surface area (Å²) in [7, 11) is 0. The van der Waals surface area contributed by atoms with Crippen LogP contribution in [0.1, 0.15) is 17.7 Å². The molecule has 1 saturated heterocycles. The quantitative estimate of drug-likeness (QED) is 0.894. The minimum absolute atomic E-state index is 0.562. The Labute approximate surface area is 116 Å². The Morgan fingerprint density at radius 1 is 1.47 bits per heavy atom. The van der Waals surface area contributed by atoms with Gasteiger partial charge in [0, 0.05) is 24.7 Å². The number of hydrogen-bond donors (Lipinski definition) is 2. The summed E-state index contributed by atoms with van der Waals surface area (Å²) in [6.45, 7) is 2.17. The van der Waals surface area contributed by atoms with Crippen LogP contribution in [0.15, 0.2) is 30.5 Å². The number of aliphatic hydroxyl groups is 1. The van der Waals surface area contributed by atoms with Gasteiger partial charge in [-0.15, -0.1) is 0 Å². The molecule has 2 heterocycles. The molecule has 2 aromatic rings. The molecular formula is C13H15ClN4O. The lowest BCUT2D eigenvalue weighted by Crippen LogP contribution is -2.31. The van der Waals surface area contributed by atoms with Gasteiger partial charge >= 0.3 is 0 Å². The number of H-pyrrole nitrogens is 1. The number of halogens is 1. The van der Waals surface area contributed by atoms with Crippen molar-refractivity contribution in [3.8, 4) is 0 Å². The summed E-state index contributed by atoms with van der Waals surface area (Å²) in [6.07, 6.45) is 2.25. The van der Waals surface area contributed by atoms with E-state index in [1.165, 1.54) is 0 Å². The van der Waals surface area contributed by atoms with Crippen molar-refractivity contribution < 1.29 is 5.11 Å². The summed E-state index contributed by atoms with van der Waals surface area (Å²) >= 11 is 5.98. The fraction of sp³-hybridized carbons (Fsp3) is 0.385. The van der Waals surface area contributed by atoms with Gasteiger partial charge in [-0.05, 0) is 24.1 Å². The van der Waals surface area contributed by atoms with E-state index >= 15 is 0 Å². The van der Waals surface area contributed by atoms with E-state index in [-0.39, 0.29) is 0 Å². The molecule has 0 spiro atoms. The Balaban J connectivity index is 1.69. The first kappa shape index (κ1) is 12.6. The van der Waals surface area contributed by atoms with Crippen LogP contribution in [0.25, 0.3) is 0 Å². The van der Waals surface area contributed by atoms with Crippen LogP contribution in [0.2, 0.25) is 5.02 Å². The predicted molar refractivity (Wildman–Crippen MR) is 71.6 cm³/mol. The summed E-state index contributed by atoms with van der Waals surface area (Å²) in [5.41, 5.74) is 0.865. The SMILES string of the molecule is O[C@@]1(c2cn[nH]n2)CCN(Cc2cccc(Cl)c2)C1. The molecule has 100 valence electrons. The molecule has 0 bridgehead atoms. The molecule has 1 fully saturated rings. The van der Waals surface area contributed by atoms with E-state index in [4.69, 9.17) is 11.6 Å². The lowest BCUT2D eigenvalue weighted by molar-refractivity contribution is 0.0409. The number of nitrogens with one attached hydrogen (secondary N) is 1. The third-order valence-corrected chi connectivity index (χ3v) is 3.75.